The summed E-state index contributed by atoms with van der Waals surface area (Å²) in [5.74, 6) is -0.241. The van der Waals surface area contributed by atoms with Crippen molar-refractivity contribution in [1.29, 1.82) is 0 Å². The number of nitrogens with two attached hydrogens (primary N) is 1. The van der Waals surface area contributed by atoms with Gasteiger partial charge >= 0.3 is 6.03 Å². The summed E-state index contributed by atoms with van der Waals surface area (Å²) in [6.07, 6.45) is 0.595. The molecule has 0 heterocycles. The molecule has 0 aromatic heterocycles. The number of hydrogen-bond acceptors (Lipinski definition) is 3. The number of urea groups is 1. The maximum absolute atomic E-state index is 14.6. The topological polar surface area (TPSA) is 76.4 Å². The van der Waals surface area contributed by atoms with Crippen LogP contribution in [0.4, 0.5) is 14.9 Å². The second kappa shape index (κ2) is 7.99. The molecule has 0 saturated carbocycles. The van der Waals surface area contributed by atoms with Crippen molar-refractivity contribution in [3.05, 3.63) is 52.8 Å². The Morgan fingerprint density at radius 2 is 1.96 bits per heavy atom. The number of nitrogens with one attached hydrogen (secondary N) is 2. The first-order valence-electron chi connectivity index (χ1n) is 7.46. The van der Waals surface area contributed by atoms with Gasteiger partial charge in [-0.15, -0.1) is 0 Å². The third-order valence-electron chi connectivity index (χ3n) is 3.48. The first kappa shape index (κ1) is 18.0. The van der Waals surface area contributed by atoms with Crippen molar-refractivity contribution in [3.63, 3.8) is 0 Å². The quantitative estimate of drug-likeness (QED) is 0.745. The molecule has 0 unspecified atom stereocenters. The Bertz CT molecular complexity index is 723. The van der Waals surface area contributed by atoms with Crippen LogP contribution >= 0.6 is 11.6 Å². The van der Waals surface area contributed by atoms with Gasteiger partial charge in [0.1, 0.15) is 5.75 Å². The lowest BCUT2D eigenvalue weighted by molar-refractivity contribution is 0.254. The first-order valence-corrected chi connectivity index (χ1v) is 7.84. The molecule has 5 nitrogen and oxygen atoms in total. The number of amides is 2. The van der Waals surface area contributed by atoms with Crippen LogP contribution in [0.3, 0.4) is 0 Å². The second-order valence-electron chi connectivity index (χ2n) is 5.13. The minimum atomic E-state index is -0.565. The summed E-state index contributed by atoms with van der Waals surface area (Å²) in [7, 11) is 1.52. The average molecular weight is 352 g/mol. The van der Waals surface area contributed by atoms with E-state index >= 15 is 0 Å². The summed E-state index contributed by atoms with van der Waals surface area (Å²) in [6.45, 7) is 1.87. The van der Waals surface area contributed by atoms with Crippen LogP contribution in [0.25, 0.3) is 0 Å². The van der Waals surface area contributed by atoms with E-state index in [-0.39, 0.29) is 16.8 Å². The number of rotatable bonds is 5. The molecular formula is C17H19ClFN3O2. The van der Waals surface area contributed by atoms with Gasteiger partial charge in [0.15, 0.2) is 11.6 Å². The van der Waals surface area contributed by atoms with Gasteiger partial charge in [-0.2, -0.15) is 0 Å². The maximum atomic E-state index is 14.6. The molecule has 2 aromatic carbocycles. The number of anilines is 1. The maximum Gasteiger partial charge on any atom is 0.318 e. The van der Waals surface area contributed by atoms with E-state index in [1.165, 1.54) is 7.05 Å². The van der Waals surface area contributed by atoms with Crippen LogP contribution in [0, 0.1) is 5.82 Å². The molecule has 128 valence electrons. The molecule has 24 heavy (non-hydrogen) atoms. The van der Waals surface area contributed by atoms with Crippen molar-refractivity contribution < 1.29 is 13.9 Å². The van der Waals surface area contributed by atoms with Gasteiger partial charge in [0.2, 0.25) is 0 Å². The Morgan fingerprint density at radius 1 is 1.29 bits per heavy atom. The first-order chi connectivity index (χ1) is 11.5. The summed E-state index contributed by atoms with van der Waals surface area (Å²) >= 11 is 6.05. The van der Waals surface area contributed by atoms with E-state index in [1.54, 1.807) is 36.4 Å². The fourth-order valence-electron chi connectivity index (χ4n) is 2.07. The molecule has 4 N–H and O–H groups in total. The molecule has 0 aliphatic rings. The van der Waals surface area contributed by atoms with E-state index in [0.717, 1.165) is 0 Å². The predicted octanol–water partition coefficient (Wildman–Crippen LogP) is 4.43. The van der Waals surface area contributed by atoms with Crippen molar-refractivity contribution in [3.8, 4) is 11.5 Å². The van der Waals surface area contributed by atoms with Gasteiger partial charge in [-0.1, -0.05) is 24.6 Å². The number of hydrogen-bond donors (Lipinski definition) is 3. The Morgan fingerprint density at radius 3 is 2.54 bits per heavy atom. The van der Waals surface area contributed by atoms with Gasteiger partial charge in [0.25, 0.3) is 0 Å². The van der Waals surface area contributed by atoms with E-state index in [2.05, 4.69) is 10.6 Å². The molecular weight excluding hydrogens is 333 g/mol. The van der Waals surface area contributed by atoms with E-state index < -0.39 is 11.9 Å². The molecule has 0 aliphatic heterocycles. The molecule has 0 saturated heterocycles. The average Bonchev–Trinajstić information content (AvgIpc) is 2.59. The summed E-state index contributed by atoms with van der Waals surface area (Å²) in [5.41, 5.74) is 6.84. The van der Waals surface area contributed by atoms with Gasteiger partial charge in [0.05, 0.1) is 5.02 Å². The molecule has 0 radical (unpaired) electrons. The van der Waals surface area contributed by atoms with E-state index in [9.17, 15) is 9.18 Å². The Hall–Kier alpha value is -2.31. The number of carbonyl (C=O) groups is 1. The highest BCUT2D eigenvalue weighted by Crippen LogP contribution is 2.36. The number of benzene rings is 2. The number of ether oxygens (including phenoxy) is 1. The summed E-state index contributed by atoms with van der Waals surface area (Å²) < 4.78 is 20.2. The number of carbonyl (C=O) groups excluding carboxylic acids is 1. The van der Waals surface area contributed by atoms with E-state index in [0.29, 0.717) is 23.4 Å². The SMILES string of the molecule is CC[C@@H](N)c1ccc(Cl)c(Oc2ccc(NC(=O)NC)cc2)c1F. The zero-order valence-corrected chi connectivity index (χ0v) is 14.2. The fraction of sp³-hybridized carbons (Fsp3) is 0.235. The van der Waals surface area contributed by atoms with Crippen molar-refractivity contribution in [2.24, 2.45) is 5.73 Å². The molecule has 2 aromatic rings. The molecule has 0 aliphatic carbocycles. The highest BCUT2D eigenvalue weighted by molar-refractivity contribution is 6.32. The van der Waals surface area contributed by atoms with Crippen molar-refractivity contribution >= 4 is 23.3 Å². The standard InChI is InChI=1S/C17H19ClFN3O2/c1-3-14(20)12-8-9-13(18)16(15(12)19)24-11-6-4-10(5-7-11)22-17(23)21-2/h4-9,14H,3,20H2,1-2H3,(H2,21,22,23)/t14-/m1/s1. The second-order valence-corrected chi connectivity index (χ2v) is 5.53. The Labute approximate surface area is 144 Å². The van der Waals surface area contributed by atoms with Gasteiger partial charge in [0, 0.05) is 24.3 Å². The van der Waals surface area contributed by atoms with Crippen LogP contribution in [0.1, 0.15) is 24.9 Å². The lowest BCUT2D eigenvalue weighted by atomic mass is 10.0. The van der Waals surface area contributed by atoms with Crippen molar-refractivity contribution in [2.75, 3.05) is 12.4 Å². The van der Waals surface area contributed by atoms with E-state index in [1.807, 2.05) is 6.92 Å². The minimum absolute atomic E-state index is 0.0647. The van der Waals surface area contributed by atoms with Crippen LogP contribution in [-0.4, -0.2) is 13.1 Å². The lowest BCUT2D eigenvalue weighted by Gasteiger charge is -2.15. The predicted molar refractivity (Wildman–Crippen MR) is 93.2 cm³/mol. The van der Waals surface area contributed by atoms with Crippen molar-refractivity contribution in [2.45, 2.75) is 19.4 Å². The smallest absolute Gasteiger partial charge is 0.318 e. The Balaban J connectivity index is 2.23. The van der Waals surface area contributed by atoms with Gasteiger partial charge in [-0.3, -0.25) is 0 Å². The van der Waals surface area contributed by atoms with Crippen molar-refractivity contribution in [1.82, 2.24) is 5.32 Å². The van der Waals surface area contributed by atoms with E-state index in [4.69, 9.17) is 22.1 Å². The zero-order chi connectivity index (χ0) is 17.7. The van der Waals surface area contributed by atoms with Crippen LogP contribution in [0.5, 0.6) is 11.5 Å². The minimum Gasteiger partial charge on any atom is -0.453 e. The summed E-state index contributed by atoms with van der Waals surface area (Å²) in [4.78, 5) is 11.2. The van der Waals surface area contributed by atoms with Gasteiger partial charge in [-0.05, 0) is 36.8 Å². The highest BCUT2D eigenvalue weighted by atomic mass is 35.5. The molecule has 0 spiro atoms. The van der Waals surface area contributed by atoms with Gasteiger partial charge in [-0.25, -0.2) is 9.18 Å². The largest absolute Gasteiger partial charge is 0.453 e. The number of halogens is 2. The third kappa shape index (κ3) is 4.15. The third-order valence-corrected chi connectivity index (χ3v) is 3.78. The monoisotopic (exact) mass is 351 g/mol. The van der Waals surface area contributed by atoms with Crippen LogP contribution < -0.4 is 21.1 Å². The zero-order valence-electron chi connectivity index (χ0n) is 13.4. The van der Waals surface area contributed by atoms with Crippen LogP contribution in [-0.2, 0) is 0 Å². The molecule has 0 fully saturated rings. The Kier molecular flexibility index (Phi) is 6.00. The normalized spacial score (nSPS) is 11.7. The summed E-state index contributed by atoms with van der Waals surface area (Å²) in [5, 5.41) is 5.22. The molecule has 1 atom stereocenters. The molecule has 2 rings (SSSR count). The molecule has 2 amide bonds. The molecule has 7 heteroatoms. The summed E-state index contributed by atoms with van der Waals surface area (Å²) in [6, 6.07) is 8.85. The fourth-order valence-corrected chi connectivity index (χ4v) is 2.25. The lowest BCUT2D eigenvalue weighted by Crippen LogP contribution is -2.24. The van der Waals surface area contributed by atoms with Crippen LogP contribution in [0.2, 0.25) is 5.02 Å². The molecule has 0 bridgehead atoms. The van der Waals surface area contributed by atoms with Gasteiger partial charge < -0.3 is 21.1 Å². The van der Waals surface area contributed by atoms with Crippen LogP contribution in [0.15, 0.2) is 36.4 Å². The highest BCUT2D eigenvalue weighted by Gasteiger charge is 2.18.